The summed E-state index contributed by atoms with van der Waals surface area (Å²) in [7, 11) is 0. The van der Waals surface area contributed by atoms with Gasteiger partial charge in [-0.2, -0.15) is 0 Å². The number of alkyl halides is 2. The largest absolute Gasteiger partial charge is 0.396 e. The SMILES string of the molecule is CC1CNCC(CO)C1(F)F. The summed E-state index contributed by atoms with van der Waals surface area (Å²) < 4.78 is 26.1. The minimum Gasteiger partial charge on any atom is -0.396 e. The Balaban J connectivity index is 2.64. The second-order valence-corrected chi connectivity index (χ2v) is 3.11. The molecule has 0 radical (unpaired) electrons. The molecule has 1 aliphatic rings. The molecule has 0 aliphatic carbocycles. The van der Waals surface area contributed by atoms with Gasteiger partial charge in [-0.3, -0.25) is 0 Å². The Morgan fingerprint density at radius 3 is 2.64 bits per heavy atom. The monoisotopic (exact) mass is 165 g/mol. The molecule has 2 unspecified atom stereocenters. The third-order valence-electron chi connectivity index (χ3n) is 2.26. The lowest BCUT2D eigenvalue weighted by atomic mass is 9.88. The Kier molecular flexibility index (Phi) is 2.44. The van der Waals surface area contributed by atoms with Crippen molar-refractivity contribution in [2.45, 2.75) is 12.8 Å². The Morgan fingerprint density at radius 2 is 2.18 bits per heavy atom. The summed E-state index contributed by atoms with van der Waals surface area (Å²) in [5, 5.41) is 11.5. The minimum absolute atomic E-state index is 0.216. The molecule has 1 fully saturated rings. The fourth-order valence-electron chi connectivity index (χ4n) is 1.33. The van der Waals surface area contributed by atoms with Crippen molar-refractivity contribution in [2.24, 2.45) is 11.8 Å². The van der Waals surface area contributed by atoms with Crippen LogP contribution in [-0.2, 0) is 0 Å². The Hall–Kier alpha value is -0.220. The number of hydrogen-bond donors (Lipinski definition) is 2. The van der Waals surface area contributed by atoms with E-state index in [9.17, 15) is 8.78 Å². The highest BCUT2D eigenvalue weighted by Gasteiger charge is 2.46. The third kappa shape index (κ3) is 1.51. The van der Waals surface area contributed by atoms with Crippen LogP contribution in [0.5, 0.6) is 0 Å². The van der Waals surface area contributed by atoms with Gasteiger partial charge in [0.2, 0.25) is 0 Å². The van der Waals surface area contributed by atoms with E-state index in [1.807, 2.05) is 0 Å². The number of aliphatic hydroxyl groups is 1. The molecule has 2 N–H and O–H groups in total. The van der Waals surface area contributed by atoms with Crippen molar-refractivity contribution in [1.29, 1.82) is 0 Å². The molecule has 1 heterocycles. The van der Waals surface area contributed by atoms with E-state index in [1.165, 1.54) is 6.92 Å². The highest BCUT2D eigenvalue weighted by atomic mass is 19.3. The van der Waals surface area contributed by atoms with Crippen molar-refractivity contribution in [2.75, 3.05) is 19.7 Å². The van der Waals surface area contributed by atoms with E-state index in [0.29, 0.717) is 6.54 Å². The van der Waals surface area contributed by atoms with Gasteiger partial charge in [0, 0.05) is 19.0 Å². The van der Waals surface area contributed by atoms with Crippen LogP contribution in [0.4, 0.5) is 8.78 Å². The molecule has 66 valence electrons. The van der Waals surface area contributed by atoms with Crippen molar-refractivity contribution in [3.63, 3.8) is 0 Å². The first kappa shape index (κ1) is 8.87. The summed E-state index contributed by atoms with van der Waals surface area (Å²) >= 11 is 0. The van der Waals surface area contributed by atoms with E-state index >= 15 is 0 Å². The van der Waals surface area contributed by atoms with Crippen molar-refractivity contribution in [1.82, 2.24) is 5.32 Å². The van der Waals surface area contributed by atoms with Gasteiger partial charge < -0.3 is 10.4 Å². The number of hydrogen-bond acceptors (Lipinski definition) is 2. The molecule has 0 saturated carbocycles. The Bertz CT molecular complexity index is 140. The van der Waals surface area contributed by atoms with Crippen molar-refractivity contribution < 1.29 is 13.9 Å². The molecule has 0 aromatic rings. The van der Waals surface area contributed by atoms with E-state index in [1.54, 1.807) is 0 Å². The van der Waals surface area contributed by atoms with Crippen LogP contribution in [0.25, 0.3) is 0 Å². The van der Waals surface area contributed by atoms with Gasteiger partial charge >= 0.3 is 0 Å². The van der Waals surface area contributed by atoms with Crippen LogP contribution < -0.4 is 5.32 Å². The van der Waals surface area contributed by atoms with Crippen LogP contribution >= 0.6 is 0 Å². The summed E-state index contributed by atoms with van der Waals surface area (Å²) in [6, 6.07) is 0. The molecule has 1 saturated heterocycles. The Labute approximate surface area is 64.6 Å². The van der Waals surface area contributed by atoms with Crippen LogP contribution in [0.2, 0.25) is 0 Å². The molecule has 2 nitrogen and oxygen atoms in total. The highest BCUT2D eigenvalue weighted by Crippen LogP contribution is 2.34. The van der Waals surface area contributed by atoms with Crippen molar-refractivity contribution in [3.05, 3.63) is 0 Å². The summed E-state index contributed by atoms with van der Waals surface area (Å²) in [5.74, 6) is -4.29. The normalized spacial score (nSPS) is 37.1. The molecule has 11 heavy (non-hydrogen) atoms. The van der Waals surface area contributed by atoms with Crippen LogP contribution in [0.3, 0.4) is 0 Å². The van der Waals surface area contributed by atoms with Gasteiger partial charge in [-0.25, -0.2) is 8.78 Å². The zero-order valence-electron chi connectivity index (χ0n) is 6.48. The summed E-state index contributed by atoms with van der Waals surface area (Å²) in [6.45, 7) is 1.61. The smallest absolute Gasteiger partial charge is 0.258 e. The first-order chi connectivity index (χ1) is 5.09. The van der Waals surface area contributed by atoms with E-state index in [-0.39, 0.29) is 6.54 Å². The summed E-state index contributed by atoms with van der Waals surface area (Å²) in [5.41, 5.74) is 0. The number of rotatable bonds is 1. The predicted octanol–water partition coefficient (Wildman–Crippen LogP) is 0.470. The van der Waals surface area contributed by atoms with Crippen molar-refractivity contribution in [3.8, 4) is 0 Å². The maximum atomic E-state index is 13.1. The molecule has 0 amide bonds. The number of halogens is 2. The first-order valence-corrected chi connectivity index (χ1v) is 3.78. The average molecular weight is 165 g/mol. The van der Waals surface area contributed by atoms with Crippen LogP contribution in [0.1, 0.15) is 6.92 Å². The molecule has 0 spiro atoms. The fraction of sp³-hybridized carbons (Fsp3) is 1.00. The average Bonchev–Trinajstić information content (AvgIpc) is 1.95. The van der Waals surface area contributed by atoms with E-state index < -0.39 is 24.4 Å². The van der Waals surface area contributed by atoms with Gasteiger partial charge in [0.15, 0.2) is 0 Å². The van der Waals surface area contributed by atoms with Crippen molar-refractivity contribution >= 4 is 0 Å². The number of piperidine rings is 1. The molecule has 1 rings (SSSR count). The molecule has 2 atom stereocenters. The zero-order chi connectivity index (χ0) is 8.48. The highest BCUT2D eigenvalue weighted by molar-refractivity contribution is 4.88. The lowest BCUT2D eigenvalue weighted by Crippen LogP contribution is -2.51. The molecule has 1 aliphatic heterocycles. The van der Waals surface area contributed by atoms with E-state index in [4.69, 9.17) is 5.11 Å². The van der Waals surface area contributed by atoms with Crippen LogP contribution in [-0.4, -0.2) is 30.7 Å². The molecule has 0 aromatic heterocycles. The first-order valence-electron chi connectivity index (χ1n) is 3.78. The third-order valence-corrected chi connectivity index (χ3v) is 2.26. The number of aliphatic hydroxyl groups excluding tert-OH is 1. The van der Waals surface area contributed by atoms with E-state index in [2.05, 4.69) is 5.32 Å². The Morgan fingerprint density at radius 1 is 1.55 bits per heavy atom. The molecular formula is C7H13F2NO. The molecular weight excluding hydrogens is 152 g/mol. The van der Waals surface area contributed by atoms with Gasteiger partial charge in [-0.05, 0) is 0 Å². The number of nitrogens with one attached hydrogen (secondary N) is 1. The lowest BCUT2D eigenvalue weighted by Gasteiger charge is -2.35. The standard InChI is InChI=1S/C7H13F2NO/c1-5-2-10-3-6(4-11)7(5,8)9/h5-6,10-11H,2-4H2,1H3. The van der Waals surface area contributed by atoms with Gasteiger partial charge in [0.1, 0.15) is 0 Å². The minimum atomic E-state index is -2.71. The molecule has 0 aromatic carbocycles. The zero-order valence-corrected chi connectivity index (χ0v) is 6.48. The van der Waals surface area contributed by atoms with Gasteiger partial charge in [-0.15, -0.1) is 0 Å². The maximum absolute atomic E-state index is 13.1. The van der Waals surface area contributed by atoms with Gasteiger partial charge in [-0.1, -0.05) is 6.92 Å². The summed E-state index contributed by atoms with van der Waals surface area (Å²) in [4.78, 5) is 0. The van der Waals surface area contributed by atoms with E-state index in [0.717, 1.165) is 0 Å². The molecule has 0 bridgehead atoms. The van der Waals surface area contributed by atoms with Crippen LogP contribution in [0, 0.1) is 11.8 Å². The predicted molar refractivity (Wildman–Crippen MR) is 37.6 cm³/mol. The van der Waals surface area contributed by atoms with Crippen LogP contribution in [0.15, 0.2) is 0 Å². The topological polar surface area (TPSA) is 32.3 Å². The maximum Gasteiger partial charge on any atom is 0.258 e. The van der Waals surface area contributed by atoms with Gasteiger partial charge in [0.25, 0.3) is 5.92 Å². The molecule has 4 heteroatoms. The quantitative estimate of drug-likeness (QED) is 0.592. The fourth-order valence-corrected chi connectivity index (χ4v) is 1.33. The van der Waals surface area contributed by atoms with Gasteiger partial charge in [0.05, 0.1) is 12.5 Å². The summed E-state index contributed by atoms with van der Waals surface area (Å²) in [6.07, 6.45) is 0. The lowest BCUT2D eigenvalue weighted by molar-refractivity contribution is -0.130. The second kappa shape index (κ2) is 3.03. The second-order valence-electron chi connectivity index (χ2n) is 3.11.